The average Bonchev–Trinajstić information content (AvgIpc) is 2.32. The Kier molecular flexibility index (Phi) is 4.54. The van der Waals surface area contributed by atoms with Crippen LogP contribution >= 0.6 is 0 Å². The van der Waals surface area contributed by atoms with E-state index in [0.717, 1.165) is 23.3 Å². The van der Waals surface area contributed by atoms with Gasteiger partial charge in [-0.05, 0) is 31.4 Å². The van der Waals surface area contributed by atoms with Gasteiger partial charge in [0.15, 0.2) is 0 Å². The summed E-state index contributed by atoms with van der Waals surface area (Å²) in [6, 6.07) is 4.13. The number of hydrogen-bond donors (Lipinski definition) is 1. The molecule has 1 aromatic rings. The highest BCUT2D eigenvalue weighted by molar-refractivity contribution is 5.48. The van der Waals surface area contributed by atoms with Gasteiger partial charge in [-0.3, -0.25) is 0 Å². The third-order valence-electron chi connectivity index (χ3n) is 3.45. The van der Waals surface area contributed by atoms with Gasteiger partial charge in [-0.15, -0.1) is 0 Å². The van der Waals surface area contributed by atoms with Crippen molar-refractivity contribution in [2.45, 2.75) is 32.7 Å². The smallest absolute Gasteiger partial charge is 0.127 e. The van der Waals surface area contributed by atoms with E-state index in [1.165, 1.54) is 5.56 Å². The SMILES string of the molecule is CCC(N)(COC)c1ccc(C)c(C)c1OC. The molecule has 0 bridgehead atoms. The molecule has 17 heavy (non-hydrogen) atoms. The van der Waals surface area contributed by atoms with E-state index in [1.54, 1.807) is 14.2 Å². The number of methoxy groups -OCH3 is 2. The topological polar surface area (TPSA) is 44.5 Å². The first-order valence-electron chi connectivity index (χ1n) is 5.92. The standard InChI is InChI=1S/C14H23NO2/c1-6-14(15,9-16-4)12-8-7-10(2)11(3)13(12)17-5/h7-8H,6,9,15H2,1-5H3. The molecule has 0 spiro atoms. The Morgan fingerprint density at radius 2 is 1.88 bits per heavy atom. The van der Waals surface area contributed by atoms with E-state index in [2.05, 4.69) is 26.8 Å². The third-order valence-corrected chi connectivity index (χ3v) is 3.45. The summed E-state index contributed by atoms with van der Waals surface area (Å²) in [5.74, 6) is 0.881. The molecule has 0 radical (unpaired) electrons. The van der Waals surface area contributed by atoms with E-state index < -0.39 is 5.54 Å². The number of aryl methyl sites for hydroxylation is 1. The van der Waals surface area contributed by atoms with Crippen molar-refractivity contribution in [3.63, 3.8) is 0 Å². The molecule has 1 atom stereocenters. The minimum atomic E-state index is -0.488. The summed E-state index contributed by atoms with van der Waals surface area (Å²) >= 11 is 0. The number of benzene rings is 1. The second kappa shape index (κ2) is 5.52. The number of rotatable bonds is 5. The van der Waals surface area contributed by atoms with Crippen molar-refractivity contribution in [2.24, 2.45) is 5.73 Å². The van der Waals surface area contributed by atoms with E-state index >= 15 is 0 Å². The van der Waals surface area contributed by atoms with Gasteiger partial charge >= 0.3 is 0 Å². The van der Waals surface area contributed by atoms with Crippen LogP contribution < -0.4 is 10.5 Å². The van der Waals surface area contributed by atoms with Crippen molar-refractivity contribution >= 4 is 0 Å². The molecule has 0 saturated heterocycles. The molecule has 0 heterocycles. The highest BCUT2D eigenvalue weighted by Crippen LogP contribution is 2.34. The lowest BCUT2D eigenvalue weighted by atomic mass is 9.86. The lowest BCUT2D eigenvalue weighted by Gasteiger charge is -2.30. The van der Waals surface area contributed by atoms with Crippen LogP contribution in [0.1, 0.15) is 30.0 Å². The average molecular weight is 237 g/mol. The molecule has 0 aromatic heterocycles. The Labute approximate surface area is 104 Å². The highest BCUT2D eigenvalue weighted by atomic mass is 16.5. The highest BCUT2D eigenvalue weighted by Gasteiger charge is 2.29. The summed E-state index contributed by atoms with van der Waals surface area (Å²) in [4.78, 5) is 0. The molecule has 0 fully saturated rings. The van der Waals surface area contributed by atoms with Crippen LogP contribution in [-0.2, 0) is 10.3 Å². The van der Waals surface area contributed by atoms with Crippen LogP contribution in [0.4, 0.5) is 0 Å². The summed E-state index contributed by atoms with van der Waals surface area (Å²) in [7, 11) is 3.36. The fourth-order valence-electron chi connectivity index (χ4n) is 2.07. The molecule has 96 valence electrons. The van der Waals surface area contributed by atoms with Crippen molar-refractivity contribution in [1.82, 2.24) is 0 Å². The lowest BCUT2D eigenvalue weighted by Crippen LogP contribution is -2.41. The second-order valence-electron chi connectivity index (χ2n) is 4.53. The Hall–Kier alpha value is -1.06. The van der Waals surface area contributed by atoms with Gasteiger partial charge in [0.05, 0.1) is 19.3 Å². The fraction of sp³-hybridized carbons (Fsp3) is 0.571. The van der Waals surface area contributed by atoms with Gasteiger partial charge in [0, 0.05) is 12.7 Å². The summed E-state index contributed by atoms with van der Waals surface area (Å²) in [5.41, 5.74) is 9.31. The first-order chi connectivity index (χ1) is 8.00. The zero-order chi connectivity index (χ0) is 13.1. The first-order valence-corrected chi connectivity index (χ1v) is 5.92. The quantitative estimate of drug-likeness (QED) is 0.856. The monoisotopic (exact) mass is 237 g/mol. The van der Waals surface area contributed by atoms with Crippen LogP contribution in [0, 0.1) is 13.8 Å². The van der Waals surface area contributed by atoms with E-state index in [9.17, 15) is 0 Å². The predicted octanol–water partition coefficient (Wildman–Crippen LogP) is 2.52. The van der Waals surface area contributed by atoms with E-state index in [4.69, 9.17) is 15.2 Å². The van der Waals surface area contributed by atoms with Crippen LogP contribution in [0.2, 0.25) is 0 Å². The van der Waals surface area contributed by atoms with Crippen molar-refractivity contribution in [2.75, 3.05) is 20.8 Å². The van der Waals surface area contributed by atoms with Gasteiger partial charge in [0.25, 0.3) is 0 Å². The van der Waals surface area contributed by atoms with Gasteiger partial charge in [-0.1, -0.05) is 19.1 Å². The number of ether oxygens (including phenoxy) is 2. The summed E-state index contributed by atoms with van der Waals surface area (Å²) in [6.45, 7) is 6.68. The molecule has 1 unspecified atom stereocenters. The van der Waals surface area contributed by atoms with Gasteiger partial charge in [0.2, 0.25) is 0 Å². The Morgan fingerprint density at radius 3 is 2.35 bits per heavy atom. The Balaban J connectivity index is 3.34. The predicted molar refractivity (Wildman–Crippen MR) is 70.5 cm³/mol. The van der Waals surface area contributed by atoms with Crippen molar-refractivity contribution < 1.29 is 9.47 Å². The summed E-state index contributed by atoms with van der Waals surface area (Å²) in [5, 5.41) is 0. The van der Waals surface area contributed by atoms with Gasteiger partial charge in [-0.2, -0.15) is 0 Å². The summed E-state index contributed by atoms with van der Waals surface area (Å²) in [6.07, 6.45) is 0.805. The first kappa shape index (κ1) is 14.0. The van der Waals surface area contributed by atoms with Crippen LogP contribution in [0.15, 0.2) is 12.1 Å². The van der Waals surface area contributed by atoms with Crippen LogP contribution in [0.25, 0.3) is 0 Å². The van der Waals surface area contributed by atoms with E-state index in [0.29, 0.717) is 6.61 Å². The van der Waals surface area contributed by atoms with Crippen molar-refractivity contribution in [1.29, 1.82) is 0 Å². The molecule has 3 nitrogen and oxygen atoms in total. The lowest BCUT2D eigenvalue weighted by molar-refractivity contribution is 0.127. The Bertz CT molecular complexity index is 390. The maximum atomic E-state index is 6.42. The molecule has 1 rings (SSSR count). The molecule has 0 aliphatic heterocycles. The minimum Gasteiger partial charge on any atom is -0.496 e. The zero-order valence-corrected chi connectivity index (χ0v) is 11.5. The van der Waals surface area contributed by atoms with Gasteiger partial charge in [-0.25, -0.2) is 0 Å². The molecule has 2 N–H and O–H groups in total. The molecular weight excluding hydrogens is 214 g/mol. The van der Waals surface area contributed by atoms with Crippen LogP contribution in [0.3, 0.4) is 0 Å². The number of nitrogens with two attached hydrogens (primary N) is 1. The van der Waals surface area contributed by atoms with Gasteiger partial charge < -0.3 is 15.2 Å². The molecule has 3 heteroatoms. The van der Waals surface area contributed by atoms with Crippen LogP contribution in [0.5, 0.6) is 5.75 Å². The van der Waals surface area contributed by atoms with Gasteiger partial charge in [0.1, 0.15) is 5.75 Å². The third kappa shape index (κ3) is 2.61. The molecular formula is C14H23NO2. The van der Waals surface area contributed by atoms with Crippen molar-refractivity contribution in [3.05, 3.63) is 28.8 Å². The van der Waals surface area contributed by atoms with Crippen molar-refractivity contribution in [3.8, 4) is 5.75 Å². The van der Waals surface area contributed by atoms with Crippen LogP contribution in [-0.4, -0.2) is 20.8 Å². The maximum Gasteiger partial charge on any atom is 0.127 e. The van der Waals surface area contributed by atoms with E-state index in [-0.39, 0.29) is 0 Å². The number of hydrogen-bond acceptors (Lipinski definition) is 3. The maximum absolute atomic E-state index is 6.42. The molecule has 0 saturated carbocycles. The Morgan fingerprint density at radius 1 is 1.24 bits per heavy atom. The fourth-order valence-corrected chi connectivity index (χ4v) is 2.07. The summed E-state index contributed by atoms with van der Waals surface area (Å²) < 4.78 is 10.8. The molecule has 0 aliphatic carbocycles. The zero-order valence-electron chi connectivity index (χ0n) is 11.5. The second-order valence-corrected chi connectivity index (χ2v) is 4.53. The molecule has 0 amide bonds. The molecule has 0 aliphatic rings. The van der Waals surface area contributed by atoms with E-state index in [1.807, 2.05) is 6.07 Å². The normalized spacial score (nSPS) is 14.5. The minimum absolute atomic E-state index is 0.488. The molecule has 1 aromatic carbocycles. The largest absolute Gasteiger partial charge is 0.496 e.